The van der Waals surface area contributed by atoms with Crippen LogP contribution in [-0.4, -0.2) is 47.3 Å². The first-order chi connectivity index (χ1) is 9.60. The summed E-state index contributed by atoms with van der Waals surface area (Å²) in [5, 5.41) is 31.3. The van der Waals surface area contributed by atoms with Gasteiger partial charge in [-0.15, -0.1) is 6.58 Å². The first kappa shape index (κ1) is 16.5. The lowest BCUT2D eigenvalue weighted by Gasteiger charge is -2.23. The number of benzene rings is 1. The summed E-state index contributed by atoms with van der Waals surface area (Å²) in [4.78, 5) is 0. The minimum atomic E-state index is -1.13. The summed E-state index contributed by atoms with van der Waals surface area (Å²) in [6, 6.07) is 7.36. The minimum Gasteiger partial charge on any atom is -0.497 e. The van der Waals surface area contributed by atoms with E-state index in [2.05, 4.69) is 11.9 Å². The van der Waals surface area contributed by atoms with Gasteiger partial charge in [0.15, 0.2) is 0 Å². The van der Waals surface area contributed by atoms with Crippen molar-refractivity contribution in [2.24, 2.45) is 0 Å². The predicted octanol–water partition coefficient (Wildman–Crippen LogP) is 1.16. The zero-order valence-corrected chi connectivity index (χ0v) is 11.7. The lowest BCUT2D eigenvalue weighted by atomic mass is 10.0. The summed E-state index contributed by atoms with van der Waals surface area (Å²) in [5.74, 6) is 0.770. The number of hydrogen-bond donors (Lipinski definition) is 4. The Morgan fingerprint density at radius 2 is 1.90 bits per heavy atom. The molecule has 0 aromatic heterocycles. The van der Waals surface area contributed by atoms with Gasteiger partial charge < -0.3 is 25.4 Å². The van der Waals surface area contributed by atoms with Gasteiger partial charge in [0.05, 0.1) is 19.8 Å². The van der Waals surface area contributed by atoms with Crippen molar-refractivity contribution in [3.8, 4) is 5.75 Å². The molecule has 0 saturated heterocycles. The summed E-state index contributed by atoms with van der Waals surface area (Å²) in [6.45, 7) is 3.23. The molecule has 0 spiro atoms. The minimum absolute atomic E-state index is 0.0721. The number of hydrogen-bond acceptors (Lipinski definition) is 5. The predicted molar refractivity (Wildman–Crippen MR) is 78.9 cm³/mol. The van der Waals surface area contributed by atoms with E-state index in [9.17, 15) is 10.2 Å². The number of nitrogens with one attached hydrogen (secondary N) is 1. The summed E-state index contributed by atoms with van der Waals surface area (Å²) >= 11 is 0. The fourth-order valence-electron chi connectivity index (χ4n) is 1.91. The smallest absolute Gasteiger partial charge is 0.119 e. The van der Waals surface area contributed by atoms with Gasteiger partial charge in [-0.2, -0.15) is 0 Å². The standard InChI is InChI=1S/C15H23NO4/c1-3-4-12(9-14(18)15(19)10-17)16-11-5-7-13(20-2)8-6-11/h3,5-8,12,14-19H,1,4,9-10H2,2H3/t12?,14-,15+/m0/s1. The Kier molecular flexibility index (Phi) is 7.08. The highest BCUT2D eigenvalue weighted by Crippen LogP contribution is 2.18. The molecule has 0 aliphatic rings. The van der Waals surface area contributed by atoms with E-state index in [1.807, 2.05) is 24.3 Å². The first-order valence-corrected chi connectivity index (χ1v) is 6.59. The number of aliphatic hydroxyl groups is 3. The largest absolute Gasteiger partial charge is 0.497 e. The Labute approximate surface area is 119 Å². The van der Waals surface area contributed by atoms with Crippen LogP contribution < -0.4 is 10.1 Å². The van der Waals surface area contributed by atoms with Gasteiger partial charge in [0.2, 0.25) is 0 Å². The van der Waals surface area contributed by atoms with Crippen molar-refractivity contribution in [3.05, 3.63) is 36.9 Å². The molecule has 4 N–H and O–H groups in total. The molecule has 0 aliphatic carbocycles. The molecule has 0 radical (unpaired) electrons. The van der Waals surface area contributed by atoms with Gasteiger partial charge >= 0.3 is 0 Å². The molecule has 5 heteroatoms. The topological polar surface area (TPSA) is 82.0 Å². The van der Waals surface area contributed by atoms with E-state index in [0.717, 1.165) is 11.4 Å². The van der Waals surface area contributed by atoms with Crippen LogP contribution in [0.3, 0.4) is 0 Å². The Morgan fingerprint density at radius 3 is 2.40 bits per heavy atom. The third kappa shape index (κ3) is 5.21. The van der Waals surface area contributed by atoms with Gasteiger partial charge in [-0.05, 0) is 37.1 Å². The van der Waals surface area contributed by atoms with Crippen molar-refractivity contribution < 1.29 is 20.1 Å². The second kappa shape index (κ2) is 8.58. The highest BCUT2D eigenvalue weighted by molar-refractivity contribution is 5.47. The molecule has 0 fully saturated rings. The number of ether oxygens (including phenoxy) is 1. The molecule has 1 aromatic rings. The van der Waals surface area contributed by atoms with Crippen molar-refractivity contribution in [1.82, 2.24) is 0 Å². The van der Waals surface area contributed by atoms with Crippen molar-refractivity contribution in [2.75, 3.05) is 19.0 Å². The van der Waals surface area contributed by atoms with Crippen LogP contribution in [0.1, 0.15) is 12.8 Å². The van der Waals surface area contributed by atoms with Crippen LogP contribution in [0.15, 0.2) is 36.9 Å². The normalized spacial score (nSPS) is 15.2. The molecule has 0 heterocycles. The molecule has 0 amide bonds. The van der Waals surface area contributed by atoms with Gasteiger partial charge in [0.25, 0.3) is 0 Å². The highest BCUT2D eigenvalue weighted by Gasteiger charge is 2.20. The van der Waals surface area contributed by atoms with Crippen LogP contribution in [0, 0.1) is 0 Å². The Balaban J connectivity index is 2.63. The van der Waals surface area contributed by atoms with Crippen molar-refractivity contribution in [2.45, 2.75) is 31.1 Å². The highest BCUT2D eigenvalue weighted by atomic mass is 16.5. The van der Waals surface area contributed by atoms with Gasteiger partial charge in [-0.1, -0.05) is 6.08 Å². The SMILES string of the molecule is C=CCC(C[C@H](O)[C@H](O)CO)Nc1ccc(OC)cc1. The van der Waals surface area contributed by atoms with Crippen LogP contribution in [-0.2, 0) is 0 Å². The number of methoxy groups -OCH3 is 1. The molecular formula is C15H23NO4. The van der Waals surface area contributed by atoms with Crippen molar-refractivity contribution in [1.29, 1.82) is 0 Å². The number of anilines is 1. The molecule has 112 valence electrons. The summed E-state index contributed by atoms with van der Waals surface area (Å²) in [7, 11) is 1.61. The summed E-state index contributed by atoms with van der Waals surface area (Å²) in [6.07, 6.45) is 0.607. The van der Waals surface area contributed by atoms with E-state index in [0.29, 0.717) is 12.8 Å². The van der Waals surface area contributed by atoms with E-state index in [1.165, 1.54) is 0 Å². The monoisotopic (exact) mass is 281 g/mol. The maximum atomic E-state index is 9.77. The second-order valence-corrected chi connectivity index (χ2v) is 4.65. The van der Waals surface area contributed by atoms with Gasteiger partial charge in [-0.3, -0.25) is 0 Å². The molecule has 3 atom stereocenters. The Bertz CT molecular complexity index is 393. The molecule has 20 heavy (non-hydrogen) atoms. The molecular weight excluding hydrogens is 258 g/mol. The maximum Gasteiger partial charge on any atom is 0.119 e. The van der Waals surface area contributed by atoms with Gasteiger partial charge in [-0.25, -0.2) is 0 Å². The van der Waals surface area contributed by atoms with Crippen LogP contribution in [0.2, 0.25) is 0 Å². The molecule has 1 aromatic carbocycles. The van der Waals surface area contributed by atoms with E-state index >= 15 is 0 Å². The average molecular weight is 281 g/mol. The molecule has 5 nitrogen and oxygen atoms in total. The lowest BCUT2D eigenvalue weighted by molar-refractivity contribution is -0.0194. The number of rotatable bonds is 9. The molecule has 1 rings (SSSR count). The number of aliphatic hydroxyl groups excluding tert-OH is 3. The molecule has 0 bridgehead atoms. The van der Waals surface area contributed by atoms with Crippen LogP contribution >= 0.6 is 0 Å². The molecule has 1 unspecified atom stereocenters. The molecule has 0 aliphatic heterocycles. The zero-order chi connectivity index (χ0) is 15.0. The first-order valence-electron chi connectivity index (χ1n) is 6.59. The van der Waals surface area contributed by atoms with E-state index in [-0.39, 0.29) is 6.04 Å². The average Bonchev–Trinajstić information content (AvgIpc) is 2.47. The maximum absolute atomic E-state index is 9.77. The van der Waals surface area contributed by atoms with Crippen molar-refractivity contribution in [3.63, 3.8) is 0 Å². The van der Waals surface area contributed by atoms with Crippen molar-refractivity contribution >= 4 is 5.69 Å². The zero-order valence-electron chi connectivity index (χ0n) is 11.7. The lowest BCUT2D eigenvalue weighted by Crippen LogP contribution is -2.35. The van der Waals surface area contributed by atoms with Crippen LogP contribution in [0.5, 0.6) is 5.75 Å². The van der Waals surface area contributed by atoms with Gasteiger partial charge in [0.1, 0.15) is 11.9 Å². The Hall–Kier alpha value is -1.56. The second-order valence-electron chi connectivity index (χ2n) is 4.65. The fraction of sp³-hybridized carbons (Fsp3) is 0.467. The van der Waals surface area contributed by atoms with E-state index in [1.54, 1.807) is 13.2 Å². The van der Waals surface area contributed by atoms with Crippen LogP contribution in [0.25, 0.3) is 0 Å². The van der Waals surface area contributed by atoms with Crippen LogP contribution in [0.4, 0.5) is 5.69 Å². The Morgan fingerprint density at radius 1 is 1.25 bits per heavy atom. The van der Waals surface area contributed by atoms with Gasteiger partial charge in [0, 0.05) is 11.7 Å². The quantitative estimate of drug-likeness (QED) is 0.511. The summed E-state index contributed by atoms with van der Waals surface area (Å²) in [5.41, 5.74) is 0.892. The summed E-state index contributed by atoms with van der Waals surface area (Å²) < 4.78 is 5.09. The van der Waals surface area contributed by atoms with E-state index in [4.69, 9.17) is 9.84 Å². The van der Waals surface area contributed by atoms with E-state index < -0.39 is 18.8 Å². The third-order valence-corrected chi connectivity index (χ3v) is 3.07. The molecule has 0 saturated carbocycles. The third-order valence-electron chi connectivity index (χ3n) is 3.07. The fourth-order valence-corrected chi connectivity index (χ4v) is 1.91.